The van der Waals surface area contributed by atoms with Crippen molar-refractivity contribution in [3.8, 4) is 5.75 Å². The van der Waals surface area contributed by atoms with E-state index < -0.39 is 103 Å². The fourth-order valence-electron chi connectivity index (χ4n) is 17.8. The first-order chi connectivity index (χ1) is 61.8. The molecule has 1 aromatic rings. The molecule has 0 spiro atoms. The number of anilines is 1. The van der Waals surface area contributed by atoms with E-state index in [1.165, 1.54) is 116 Å². The summed E-state index contributed by atoms with van der Waals surface area (Å²) in [6.45, 7) is 18.5. The van der Waals surface area contributed by atoms with Gasteiger partial charge in [0.05, 0.1) is 72.6 Å². The highest BCUT2D eigenvalue weighted by Crippen LogP contribution is 2.56. The van der Waals surface area contributed by atoms with Crippen LogP contribution in [0.25, 0.3) is 0 Å². The quantitative estimate of drug-likeness (QED) is 0.0164. The van der Waals surface area contributed by atoms with Gasteiger partial charge in [-0.3, -0.25) is 45.8 Å². The van der Waals surface area contributed by atoms with Gasteiger partial charge in [0.2, 0.25) is 0 Å². The molecule has 9 rings (SSSR count). The van der Waals surface area contributed by atoms with Gasteiger partial charge in [0, 0.05) is 29.9 Å². The van der Waals surface area contributed by atoms with Crippen molar-refractivity contribution in [3.63, 3.8) is 0 Å². The highest BCUT2D eigenvalue weighted by Gasteiger charge is 2.51. The van der Waals surface area contributed by atoms with Gasteiger partial charge in [0.1, 0.15) is 11.8 Å². The number of carbonyl (C=O) groups excluding carboxylic acids is 1. The molecule has 8 saturated carbocycles. The molecule has 792 valence electrons. The van der Waals surface area contributed by atoms with Crippen molar-refractivity contribution < 1.29 is 136 Å². The summed E-state index contributed by atoms with van der Waals surface area (Å²) in [7, 11) is -27.7. The molecule has 16 N–H and O–H groups in total. The Labute approximate surface area is 800 Å². The first kappa shape index (κ1) is 130. The van der Waals surface area contributed by atoms with Gasteiger partial charge in [0.25, 0.3) is 91.1 Å². The largest absolute Gasteiger partial charge is 0.497 e. The predicted octanol–water partition coefficient (Wildman–Crippen LogP) is 9.98. The lowest BCUT2D eigenvalue weighted by Crippen LogP contribution is -2.58. The Morgan fingerprint density at radius 1 is 0.398 bits per heavy atom. The van der Waals surface area contributed by atoms with E-state index in [2.05, 4.69) is 62.3 Å². The van der Waals surface area contributed by atoms with Crippen LogP contribution >= 0.6 is 0 Å². The smallest absolute Gasteiger partial charge is 0.322 e. The molecule has 133 heavy (non-hydrogen) atoms. The molecule has 1 unspecified atom stereocenters. The van der Waals surface area contributed by atoms with Crippen molar-refractivity contribution >= 4 is 103 Å². The number of aliphatic hydroxyl groups is 1. The zero-order chi connectivity index (χ0) is 101. The van der Waals surface area contributed by atoms with Crippen LogP contribution in [0.2, 0.25) is 0 Å². The molecule has 48 heteroatoms. The second-order valence-electron chi connectivity index (χ2n) is 37.1. The molecule has 8 aliphatic carbocycles. The summed E-state index contributed by atoms with van der Waals surface area (Å²) in [5, 5.41) is 28.6. The topological polar surface area (TPSA) is 624 Å². The first-order valence-corrected chi connectivity index (χ1v) is 61.9. The number of carbonyl (C=O) groups is 1. The number of ether oxygens (including phenoxy) is 2. The number of rotatable bonds is 63. The molecule has 0 radical (unpaired) electrons. The molecule has 0 amide bonds. The van der Waals surface area contributed by atoms with Crippen LogP contribution in [0.1, 0.15) is 266 Å². The fourth-order valence-corrected chi connectivity index (χ4v) is 22.8. The number of nitrogens with one attached hydrogen (secondary N) is 6. The number of hydrogen-bond acceptors (Lipinski definition) is 30. The summed E-state index contributed by atoms with van der Waals surface area (Å²) < 4.78 is 275. The Kier molecular flexibility index (Phi) is 68.4. The van der Waals surface area contributed by atoms with Crippen molar-refractivity contribution in [3.05, 3.63) is 24.3 Å². The Bertz CT molecular complexity index is 4220. The number of benzene rings is 1. The maximum atomic E-state index is 10.9. The number of methoxy groups -OCH3 is 2. The molecule has 0 aliphatic heterocycles. The van der Waals surface area contributed by atoms with E-state index in [1.807, 2.05) is 50.2 Å². The predicted molar refractivity (Wildman–Crippen MR) is 525 cm³/mol. The Hall–Kier alpha value is -2.84. The minimum Gasteiger partial charge on any atom is -0.497 e. The van der Waals surface area contributed by atoms with Gasteiger partial charge >= 0.3 is 5.97 Å². The summed E-state index contributed by atoms with van der Waals surface area (Å²) in [5.41, 5.74) is 1.25. The van der Waals surface area contributed by atoms with Gasteiger partial charge in [0.15, 0.2) is 0 Å². The van der Waals surface area contributed by atoms with Crippen LogP contribution in [0.5, 0.6) is 5.75 Å². The van der Waals surface area contributed by atoms with Crippen LogP contribution < -0.4 is 36.6 Å². The van der Waals surface area contributed by atoms with Crippen LogP contribution in [0.4, 0.5) is 5.69 Å². The maximum absolute atomic E-state index is 10.9. The molecule has 39 nitrogen and oxygen atoms in total. The van der Waals surface area contributed by atoms with E-state index in [9.17, 15) is 80.6 Å². The van der Waals surface area contributed by atoms with Crippen molar-refractivity contribution in [1.82, 2.24) is 36.4 Å². The molecule has 0 heterocycles. The van der Waals surface area contributed by atoms with E-state index in [1.54, 1.807) is 14.0 Å². The van der Waals surface area contributed by atoms with E-state index in [4.69, 9.17) is 50.8 Å². The highest BCUT2D eigenvalue weighted by molar-refractivity contribution is 7.87. The summed E-state index contributed by atoms with van der Waals surface area (Å²) in [6.07, 6.45) is 35.4. The van der Waals surface area contributed by atoms with Crippen molar-refractivity contribution in [2.45, 2.75) is 289 Å². The van der Waals surface area contributed by atoms with Gasteiger partial charge in [-0.05, 0) is 351 Å². The highest BCUT2D eigenvalue weighted by atomic mass is 32.3. The van der Waals surface area contributed by atoms with Crippen molar-refractivity contribution in [1.29, 1.82) is 0 Å². The number of aliphatic hydroxyl groups excluding tert-OH is 1. The number of unbranched alkanes of at least 4 members (excludes halogenated alkanes) is 12. The van der Waals surface area contributed by atoms with E-state index in [-0.39, 0.29) is 70.8 Å². The molecule has 2 atom stereocenters. The number of hydrogen-bond donors (Lipinski definition) is 16. The standard InChI is InChI=1S/2C14H25NO3S.C13H29NO6S2.C12H27NO3S.C10H15NO4S.C9H21NO4S.C7H15NO5S.C6H15NO3S/c16-19(17,18)4-2-1-3-15-14-8-11-5-12(9-14)7-13(6-11)10-14;16-19(17,18)4-2-1-3-15-14-12-6-10-5-11(8-12)9-13(14)7-10;1-13(2)7-10-14(8-3-5-11-21(15,16)17)9-4-6-12-22(18,19)20;1-2-3-4-5-6-7-10-13-11-8-9-12-17(14,15)16;1-15-10-5-3-9(4-6-10)11-7-2-8-16(12,13)14;1-2-5-9(8-11)10-6-3-4-7-15(12,13)14;1-6(7(9)13-2)8-4-3-5-14(10,11)12;1-7(2)5-3-4-6-11(8,9)10/h11-13,15H,1-10H2,(H,16,17,18);10-15H,1-9H2,(H,16,17,18);13H,3-12H2,1-2H3,(H,15,16,17)(H,18,19,20);13H,2-12H2,1H3,(H,14,15,16);3-6,11H,2,7-8H2,1H3,(H,12,13,14);9-11H,2-8H2,1H3,(H,12,13,14);6,8H,3-5H2,1-2H3,(H,10,11,12);3-6H2,1-2H3,(H,8,9,10)/t;;;;;;6-;/m......1./s1. The maximum Gasteiger partial charge on any atom is 0.322 e. The third-order valence-electron chi connectivity index (χ3n) is 23.8. The molecule has 8 fully saturated rings. The van der Waals surface area contributed by atoms with Gasteiger partial charge in [-0.25, -0.2) is 0 Å². The molecule has 8 aliphatic rings. The summed E-state index contributed by atoms with van der Waals surface area (Å²) in [6, 6.07) is 7.61. The van der Waals surface area contributed by atoms with Crippen LogP contribution in [0, 0.1) is 47.3 Å². The van der Waals surface area contributed by atoms with Crippen molar-refractivity contribution in [2.75, 3.05) is 164 Å². The number of nitrogens with zero attached hydrogens (tertiary/aromatic N) is 2. The third kappa shape index (κ3) is 79.4. The van der Waals surface area contributed by atoms with Crippen LogP contribution in [0.3, 0.4) is 0 Å². The average Bonchev–Trinajstić information content (AvgIpc) is 0.766. The van der Waals surface area contributed by atoms with Crippen molar-refractivity contribution in [2.24, 2.45) is 47.3 Å². The summed E-state index contributed by atoms with van der Waals surface area (Å²) in [4.78, 5) is 15.0. The molecular weight excluding hydrogens is 1920 g/mol. The lowest BCUT2D eigenvalue weighted by atomic mass is 9.53. The summed E-state index contributed by atoms with van der Waals surface area (Å²) in [5.74, 6) is 5.86. The average molecular weight is 2090 g/mol. The molecule has 8 bridgehead atoms. The SMILES string of the molecule is CC(C)CCN(CCCCS(=O)(=O)O)CCCCS(=O)(=O)O.CCCC(CO)NCCCCS(=O)(=O)O.CCCCCCCCNCCCCS(=O)(=O)O.CN(C)CCCCS(=O)(=O)O.COC(=O)[C@@H](C)NCCCS(=O)(=O)O.COc1ccc(NCCCS(=O)(=O)O)cc1.O=S(=O)(O)CCCCNC12CC3CC(CC(C3)C1)C2.O=S(=O)(O)CCCCNC1C2CC3CC(C2)CC1C3. The third-order valence-corrected chi connectivity index (χ3v) is 31.0. The molecule has 1 aromatic carbocycles. The monoisotopic (exact) mass is 2090 g/mol. The number of esters is 1. The van der Waals surface area contributed by atoms with Gasteiger partial charge in [-0.1, -0.05) is 66.2 Å². The minimum atomic E-state index is -3.90. The van der Waals surface area contributed by atoms with Gasteiger partial charge < -0.3 is 56.3 Å². The zero-order valence-electron chi connectivity index (χ0n) is 80.6. The normalized spacial score (nSPS) is 20.7. The molecular formula is C85H172N8O31S9. The Balaban J connectivity index is 0.00000151. The van der Waals surface area contributed by atoms with E-state index in [0.29, 0.717) is 121 Å². The van der Waals surface area contributed by atoms with E-state index in [0.717, 1.165) is 137 Å². The van der Waals surface area contributed by atoms with E-state index >= 15 is 0 Å². The fraction of sp³-hybridized carbons (Fsp3) is 0.918. The first-order valence-electron chi connectivity index (χ1n) is 47.5. The second kappa shape index (κ2) is 69.9. The van der Waals surface area contributed by atoms with Gasteiger partial charge in [-0.2, -0.15) is 75.8 Å². The zero-order valence-corrected chi connectivity index (χ0v) is 87.9. The van der Waals surface area contributed by atoms with Crippen LogP contribution in [0.15, 0.2) is 24.3 Å². The van der Waals surface area contributed by atoms with Crippen LogP contribution in [-0.2, 0) is 101 Å². The molecule has 0 aromatic heterocycles. The lowest BCUT2D eigenvalue weighted by Gasteiger charge is -2.57. The summed E-state index contributed by atoms with van der Waals surface area (Å²) >= 11 is 0. The van der Waals surface area contributed by atoms with Crippen LogP contribution in [-0.4, -0.2) is 320 Å². The minimum absolute atomic E-state index is 0.0979. The molecule has 0 saturated heterocycles. The Morgan fingerprint density at radius 2 is 0.752 bits per heavy atom. The Morgan fingerprint density at radius 3 is 1.14 bits per heavy atom. The van der Waals surface area contributed by atoms with Gasteiger partial charge in [-0.15, -0.1) is 0 Å². The second-order valence-corrected chi connectivity index (χ2v) is 51.2. The lowest BCUT2D eigenvalue weighted by molar-refractivity contribution is -0.142.